The zero-order valence-electron chi connectivity index (χ0n) is 16.7. The maximum absolute atomic E-state index is 14.8. The monoisotopic (exact) mass is 440 g/mol. The molecule has 4 aromatic rings. The molecule has 0 saturated heterocycles. The normalized spacial score (nSPS) is 11.6. The van der Waals surface area contributed by atoms with E-state index in [-0.39, 0.29) is 17.5 Å². The summed E-state index contributed by atoms with van der Waals surface area (Å²) in [6.45, 7) is 1.87. The van der Waals surface area contributed by atoms with Gasteiger partial charge in [-0.15, -0.1) is 0 Å². The van der Waals surface area contributed by atoms with Crippen molar-refractivity contribution in [2.75, 3.05) is 16.5 Å². The molecule has 0 spiro atoms. The minimum atomic E-state index is -3.35. The molecule has 0 saturated carbocycles. The quantitative estimate of drug-likeness (QED) is 0.345. The van der Waals surface area contributed by atoms with Crippen molar-refractivity contribution in [1.29, 1.82) is 0 Å². The van der Waals surface area contributed by atoms with Gasteiger partial charge in [-0.05, 0) is 48.9 Å². The van der Waals surface area contributed by atoms with Crippen LogP contribution in [-0.4, -0.2) is 29.2 Å². The zero-order valence-corrected chi connectivity index (χ0v) is 17.5. The number of nitrogens with two attached hydrogens (primary N) is 1. The number of benzene rings is 2. The fourth-order valence-electron chi connectivity index (χ4n) is 3.21. The first-order chi connectivity index (χ1) is 14.8. The molecule has 160 valence electrons. The highest BCUT2D eigenvalue weighted by Gasteiger charge is 2.12. The molecule has 0 bridgehead atoms. The highest BCUT2D eigenvalue weighted by atomic mass is 32.2. The lowest BCUT2D eigenvalue weighted by Crippen LogP contribution is -2.16. The van der Waals surface area contributed by atoms with Crippen LogP contribution >= 0.6 is 0 Å². The van der Waals surface area contributed by atoms with E-state index in [0.29, 0.717) is 28.1 Å². The first-order valence-electron chi connectivity index (χ1n) is 9.47. The molecule has 0 aliphatic heterocycles. The lowest BCUT2D eigenvalue weighted by Gasteiger charge is -2.10. The Morgan fingerprint density at radius 3 is 2.77 bits per heavy atom. The van der Waals surface area contributed by atoms with E-state index in [1.54, 1.807) is 48.5 Å². The van der Waals surface area contributed by atoms with E-state index in [9.17, 15) is 12.8 Å². The summed E-state index contributed by atoms with van der Waals surface area (Å²) in [6.07, 6.45) is 1.54. The van der Waals surface area contributed by atoms with Crippen molar-refractivity contribution in [2.24, 2.45) is 5.73 Å². The smallest absolute Gasteiger partial charge is 0.229 e. The lowest BCUT2D eigenvalue weighted by atomic mass is 10.2. The maximum atomic E-state index is 14.8. The summed E-state index contributed by atoms with van der Waals surface area (Å²) < 4.78 is 38.3. The number of hydrogen-bond acceptors (Lipinski definition) is 7. The van der Waals surface area contributed by atoms with Crippen molar-refractivity contribution in [2.45, 2.75) is 12.7 Å². The van der Waals surface area contributed by atoms with Crippen LogP contribution in [0.2, 0.25) is 0 Å². The van der Waals surface area contributed by atoms with Gasteiger partial charge in [0, 0.05) is 28.5 Å². The van der Waals surface area contributed by atoms with Crippen LogP contribution in [0.1, 0.15) is 11.3 Å². The van der Waals surface area contributed by atoms with Crippen molar-refractivity contribution in [3.05, 3.63) is 71.8 Å². The van der Waals surface area contributed by atoms with Gasteiger partial charge in [0.05, 0.1) is 17.3 Å². The molecule has 4 rings (SSSR count). The van der Waals surface area contributed by atoms with E-state index in [1.165, 1.54) is 6.20 Å². The predicted octanol–water partition coefficient (Wildman–Crippen LogP) is 3.72. The molecule has 2 aromatic carbocycles. The first kappa shape index (κ1) is 20.8. The van der Waals surface area contributed by atoms with Crippen LogP contribution in [0, 0.1) is 12.7 Å². The van der Waals surface area contributed by atoms with Gasteiger partial charge in [0.15, 0.2) is 15.7 Å². The van der Waals surface area contributed by atoms with E-state index in [0.717, 1.165) is 11.2 Å². The number of rotatable bonds is 7. The lowest BCUT2D eigenvalue weighted by molar-refractivity contribution is 0.595. The summed E-state index contributed by atoms with van der Waals surface area (Å²) in [6, 6.07) is 13.7. The molecule has 0 aliphatic rings. The molecule has 0 aliphatic carbocycles. The van der Waals surface area contributed by atoms with Gasteiger partial charge in [0.1, 0.15) is 5.82 Å². The molecule has 0 amide bonds. The number of halogens is 1. The number of aromatic nitrogens is 3. The predicted molar refractivity (Wildman–Crippen MR) is 120 cm³/mol. The Morgan fingerprint density at radius 2 is 1.97 bits per heavy atom. The van der Waals surface area contributed by atoms with Gasteiger partial charge in [-0.2, -0.15) is 4.98 Å². The molecule has 0 atom stereocenters. The van der Waals surface area contributed by atoms with E-state index >= 15 is 0 Å². The average molecular weight is 441 g/mol. The third-order valence-corrected chi connectivity index (χ3v) is 5.90. The largest absolute Gasteiger partial charge is 0.359 e. The Hall–Kier alpha value is -3.50. The van der Waals surface area contributed by atoms with Gasteiger partial charge in [-0.3, -0.25) is 0 Å². The summed E-state index contributed by atoms with van der Waals surface area (Å²) in [7, 11) is -3.35. The number of nitrogens with one attached hydrogen (secondary N) is 3. The van der Waals surface area contributed by atoms with Crippen LogP contribution in [0.4, 0.5) is 27.5 Å². The number of sulfone groups is 1. The second-order valence-corrected chi connectivity index (χ2v) is 9.22. The molecule has 5 N–H and O–H groups in total. The molecule has 2 aromatic heterocycles. The van der Waals surface area contributed by atoms with E-state index in [2.05, 4.69) is 25.6 Å². The number of H-pyrrole nitrogens is 1. The second kappa shape index (κ2) is 8.32. The third kappa shape index (κ3) is 4.81. The zero-order chi connectivity index (χ0) is 22.0. The Kier molecular flexibility index (Phi) is 5.57. The topological polar surface area (TPSA) is 126 Å². The Bertz CT molecular complexity index is 1350. The van der Waals surface area contributed by atoms with Gasteiger partial charge in [0.25, 0.3) is 0 Å². The highest BCUT2D eigenvalue weighted by Crippen LogP contribution is 2.27. The summed E-state index contributed by atoms with van der Waals surface area (Å²) in [5.74, 6) is -0.245. The summed E-state index contributed by atoms with van der Waals surface area (Å²) in [5, 5.41) is 6.51. The van der Waals surface area contributed by atoms with Gasteiger partial charge in [-0.1, -0.05) is 12.1 Å². The number of anilines is 4. The van der Waals surface area contributed by atoms with Crippen LogP contribution in [0.3, 0.4) is 0 Å². The van der Waals surface area contributed by atoms with E-state index < -0.39 is 15.7 Å². The summed E-state index contributed by atoms with van der Waals surface area (Å²) >= 11 is 0. The van der Waals surface area contributed by atoms with Crippen LogP contribution in [0.25, 0.3) is 10.9 Å². The number of nitrogens with zero attached hydrogens (tertiary/aromatic N) is 2. The van der Waals surface area contributed by atoms with Gasteiger partial charge in [-0.25, -0.2) is 17.8 Å². The van der Waals surface area contributed by atoms with Crippen LogP contribution < -0.4 is 16.4 Å². The minimum Gasteiger partial charge on any atom is -0.359 e. The molecular formula is C21H21FN6O2S. The second-order valence-electron chi connectivity index (χ2n) is 7.11. The Balaban J connectivity index is 1.54. The van der Waals surface area contributed by atoms with Crippen molar-refractivity contribution in [1.82, 2.24) is 15.0 Å². The highest BCUT2D eigenvalue weighted by molar-refractivity contribution is 7.90. The molecule has 2 heterocycles. The molecular weight excluding hydrogens is 419 g/mol. The maximum Gasteiger partial charge on any atom is 0.229 e. The summed E-state index contributed by atoms with van der Waals surface area (Å²) in [4.78, 5) is 11.6. The van der Waals surface area contributed by atoms with Crippen LogP contribution in [0.15, 0.2) is 54.7 Å². The fourth-order valence-corrected chi connectivity index (χ4v) is 4.02. The van der Waals surface area contributed by atoms with Crippen molar-refractivity contribution >= 4 is 43.9 Å². The van der Waals surface area contributed by atoms with Crippen molar-refractivity contribution < 1.29 is 12.8 Å². The van der Waals surface area contributed by atoms with Crippen LogP contribution in [-0.2, 0) is 15.6 Å². The first-order valence-corrected chi connectivity index (χ1v) is 11.3. The third-order valence-electron chi connectivity index (χ3n) is 4.61. The minimum absolute atomic E-state index is 0.151. The fraction of sp³-hybridized carbons (Fsp3) is 0.143. The standard InChI is InChI=1S/C21H21FN6O2S/c1-13-9-16-17(25-13)5-6-18(20(16)22)27-19-7-8-24-21(28-19)26-15-4-2-3-14(10-15)11-31(29,30)12-23/h2-10,25H,11-12,23H2,1H3,(H2,24,26,27,28). The Morgan fingerprint density at radius 1 is 1.13 bits per heavy atom. The van der Waals surface area contributed by atoms with Gasteiger partial charge < -0.3 is 21.4 Å². The van der Waals surface area contributed by atoms with E-state index in [1.807, 2.05) is 6.92 Å². The SMILES string of the molecule is Cc1cc2c(F)c(Nc3ccnc(Nc4cccc(CS(=O)(=O)CN)c4)n3)ccc2[nH]1. The molecule has 31 heavy (non-hydrogen) atoms. The molecule has 10 heteroatoms. The Labute approximate surface area is 178 Å². The van der Waals surface area contributed by atoms with Crippen LogP contribution in [0.5, 0.6) is 0 Å². The van der Waals surface area contributed by atoms with Crippen molar-refractivity contribution in [3.8, 4) is 0 Å². The van der Waals surface area contributed by atoms with Gasteiger partial charge >= 0.3 is 0 Å². The molecule has 8 nitrogen and oxygen atoms in total. The molecule has 0 radical (unpaired) electrons. The van der Waals surface area contributed by atoms with Crippen molar-refractivity contribution in [3.63, 3.8) is 0 Å². The number of aromatic amines is 1. The average Bonchev–Trinajstić information content (AvgIpc) is 3.12. The summed E-state index contributed by atoms with van der Waals surface area (Å²) in [5.41, 5.74) is 8.40. The van der Waals surface area contributed by atoms with Gasteiger partial charge in [0.2, 0.25) is 5.95 Å². The molecule has 0 fully saturated rings. The number of aryl methyl sites for hydroxylation is 1. The number of hydrogen-bond donors (Lipinski definition) is 4. The molecule has 0 unspecified atom stereocenters. The number of fused-ring (bicyclic) bond motifs is 1. The van der Waals surface area contributed by atoms with E-state index in [4.69, 9.17) is 5.73 Å².